The zero-order valence-electron chi connectivity index (χ0n) is 13.7. The van der Waals surface area contributed by atoms with Crippen LogP contribution in [0.1, 0.15) is 13.8 Å². The Morgan fingerprint density at radius 3 is 2.09 bits per heavy atom. The number of carbonyl (C=O) groups excluding carboxylic acids is 2. The largest absolute Gasteiger partial charge is 0.326 e. The van der Waals surface area contributed by atoms with Crippen LogP contribution in [0.4, 0.5) is 11.4 Å². The Kier molecular flexibility index (Phi) is 6.67. The van der Waals surface area contributed by atoms with Crippen LogP contribution < -0.4 is 14.9 Å². The molecule has 128 valence electrons. The van der Waals surface area contributed by atoms with Gasteiger partial charge in [0.15, 0.2) is 0 Å². The smallest absolute Gasteiger partial charge is 0.278 e. The number of nitrogens with one attached hydrogen (secondary N) is 2. The molecule has 0 spiro atoms. The zero-order valence-corrected chi connectivity index (χ0v) is 14.5. The van der Waals surface area contributed by atoms with Crippen LogP contribution in [-0.4, -0.2) is 51.7 Å². The van der Waals surface area contributed by atoms with Crippen LogP contribution >= 0.6 is 0 Å². The molecule has 0 heterocycles. The molecule has 0 unspecified atom stereocenters. The molecule has 0 fully saturated rings. The second-order valence-corrected chi connectivity index (χ2v) is 7.05. The summed E-state index contributed by atoms with van der Waals surface area (Å²) in [6.07, 6.45) is 0. The van der Waals surface area contributed by atoms with Gasteiger partial charge in [0.25, 0.3) is 10.2 Å². The van der Waals surface area contributed by atoms with E-state index in [1.165, 1.54) is 32.8 Å². The van der Waals surface area contributed by atoms with Crippen molar-refractivity contribution < 1.29 is 18.0 Å². The van der Waals surface area contributed by atoms with Gasteiger partial charge in [0.05, 0.1) is 0 Å². The van der Waals surface area contributed by atoms with Gasteiger partial charge in [0.2, 0.25) is 11.8 Å². The Hall–Kier alpha value is -1.97. The number of hydrogen-bond donors (Lipinski definition) is 2. The van der Waals surface area contributed by atoms with Gasteiger partial charge in [0.1, 0.15) is 0 Å². The van der Waals surface area contributed by atoms with Gasteiger partial charge in [-0.3, -0.25) is 9.59 Å². The van der Waals surface area contributed by atoms with Crippen molar-refractivity contribution in [3.8, 4) is 0 Å². The van der Waals surface area contributed by atoms with Crippen LogP contribution in [0.2, 0.25) is 0 Å². The van der Waals surface area contributed by atoms with Crippen molar-refractivity contribution in [2.24, 2.45) is 0 Å². The maximum Gasteiger partial charge on any atom is 0.278 e. The van der Waals surface area contributed by atoms with E-state index in [1.54, 1.807) is 24.3 Å². The average Bonchev–Trinajstić information content (AvgIpc) is 2.43. The van der Waals surface area contributed by atoms with E-state index in [4.69, 9.17) is 0 Å². The number of carbonyl (C=O) groups is 2. The van der Waals surface area contributed by atoms with Crippen molar-refractivity contribution in [3.63, 3.8) is 0 Å². The molecule has 9 heteroatoms. The molecular weight excluding hydrogens is 320 g/mol. The van der Waals surface area contributed by atoms with Crippen molar-refractivity contribution >= 4 is 33.4 Å². The van der Waals surface area contributed by atoms with E-state index in [0.717, 1.165) is 4.31 Å². The predicted molar refractivity (Wildman–Crippen MR) is 89.4 cm³/mol. The third-order valence-corrected chi connectivity index (χ3v) is 4.51. The summed E-state index contributed by atoms with van der Waals surface area (Å²) in [7, 11) is -0.679. The van der Waals surface area contributed by atoms with E-state index >= 15 is 0 Å². The van der Waals surface area contributed by atoms with Gasteiger partial charge < -0.3 is 10.2 Å². The van der Waals surface area contributed by atoms with E-state index in [2.05, 4.69) is 10.0 Å². The van der Waals surface area contributed by atoms with Crippen LogP contribution in [0, 0.1) is 0 Å². The highest BCUT2D eigenvalue weighted by Gasteiger charge is 2.15. The molecule has 0 saturated heterocycles. The van der Waals surface area contributed by atoms with Crippen molar-refractivity contribution in [1.29, 1.82) is 0 Å². The molecule has 2 amide bonds. The number of amides is 2. The lowest BCUT2D eigenvalue weighted by molar-refractivity contribution is -0.116. The third-order valence-electron chi connectivity index (χ3n) is 2.98. The lowest BCUT2D eigenvalue weighted by atomic mass is 10.2. The molecule has 0 bridgehead atoms. The summed E-state index contributed by atoms with van der Waals surface area (Å²) in [5.74, 6) is -0.388. The summed E-state index contributed by atoms with van der Waals surface area (Å²) in [5.41, 5.74) is 1.24. The first-order chi connectivity index (χ1) is 10.6. The Labute approximate surface area is 136 Å². The SMILES string of the molecule is CC(=O)Nc1ccc(N(CCNS(=O)(=O)N(C)C)C(C)=O)cc1. The Balaban J connectivity index is 2.75. The van der Waals surface area contributed by atoms with Gasteiger partial charge in [-0.25, -0.2) is 4.72 Å². The monoisotopic (exact) mass is 342 g/mol. The molecule has 0 aliphatic rings. The first-order valence-corrected chi connectivity index (χ1v) is 8.40. The molecule has 2 N–H and O–H groups in total. The first kappa shape index (κ1) is 19.1. The van der Waals surface area contributed by atoms with Crippen LogP contribution in [0.15, 0.2) is 24.3 Å². The van der Waals surface area contributed by atoms with Gasteiger partial charge in [-0.15, -0.1) is 0 Å². The number of benzene rings is 1. The quantitative estimate of drug-likeness (QED) is 0.749. The molecule has 0 aliphatic heterocycles. The Morgan fingerprint density at radius 1 is 1.09 bits per heavy atom. The van der Waals surface area contributed by atoms with E-state index in [9.17, 15) is 18.0 Å². The summed E-state index contributed by atoms with van der Waals surface area (Å²) >= 11 is 0. The number of hydrogen-bond acceptors (Lipinski definition) is 4. The van der Waals surface area contributed by atoms with Crippen molar-refractivity contribution in [3.05, 3.63) is 24.3 Å². The van der Waals surface area contributed by atoms with Crippen molar-refractivity contribution in [2.45, 2.75) is 13.8 Å². The summed E-state index contributed by atoms with van der Waals surface area (Å²) in [4.78, 5) is 24.2. The van der Waals surface area contributed by atoms with E-state index in [1.807, 2.05) is 0 Å². The fraction of sp³-hybridized carbons (Fsp3) is 0.429. The van der Waals surface area contributed by atoms with E-state index in [0.29, 0.717) is 11.4 Å². The Bertz CT molecular complexity index is 656. The van der Waals surface area contributed by atoms with Crippen LogP contribution in [0.5, 0.6) is 0 Å². The normalized spacial score (nSPS) is 11.3. The minimum Gasteiger partial charge on any atom is -0.326 e. The zero-order chi connectivity index (χ0) is 17.6. The fourth-order valence-corrected chi connectivity index (χ4v) is 2.42. The molecule has 0 atom stereocenters. The number of nitrogens with zero attached hydrogens (tertiary/aromatic N) is 2. The van der Waals surface area contributed by atoms with Gasteiger partial charge in [0, 0.05) is 52.4 Å². The fourth-order valence-electron chi connectivity index (χ4n) is 1.81. The third kappa shape index (κ3) is 5.97. The number of rotatable bonds is 7. The highest BCUT2D eigenvalue weighted by atomic mass is 32.2. The summed E-state index contributed by atoms with van der Waals surface area (Å²) in [6, 6.07) is 6.73. The molecule has 0 saturated carbocycles. The molecule has 1 aromatic carbocycles. The number of anilines is 2. The average molecular weight is 342 g/mol. The highest BCUT2D eigenvalue weighted by Crippen LogP contribution is 2.18. The molecule has 23 heavy (non-hydrogen) atoms. The topological polar surface area (TPSA) is 98.8 Å². The second-order valence-electron chi connectivity index (χ2n) is 5.08. The van der Waals surface area contributed by atoms with Crippen molar-refractivity contribution in [1.82, 2.24) is 9.03 Å². The minimum absolute atomic E-state index is 0.0908. The predicted octanol–water partition coefficient (Wildman–Crippen LogP) is 0.394. The van der Waals surface area contributed by atoms with Gasteiger partial charge in [-0.2, -0.15) is 12.7 Å². The Morgan fingerprint density at radius 2 is 1.65 bits per heavy atom. The van der Waals surface area contributed by atoms with E-state index in [-0.39, 0.29) is 24.9 Å². The molecular formula is C14H22N4O4S. The highest BCUT2D eigenvalue weighted by molar-refractivity contribution is 7.87. The van der Waals surface area contributed by atoms with E-state index < -0.39 is 10.2 Å². The molecule has 1 aromatic rings. The molecule has 8 nitrogen and oxygen atoms in total. The maximum atomic E-state index is 11.8. The molecule has 1 rings (SSSR count). The van der Waals surface area contributed by atoms with Crippen LogP contribution in [0.25, 0.3) is 0 Å². The van der Waals surface area contributed by atoms with Crippen molar-refractivity contribution in [2.75, 3.05) is 37.4 Å². The van der Waals surface area contributed by atoms with Crippen LogP contribution in [-0.2, 0) is 19.8 Å². The summed E-state index contributed by atoms with van der Waals surface area (Å²) < 4.78 is 26.7. The lowest BCUT2D eigenvalue weighted by Gasteiger charge is -2.22. The minimum atomic E-state index is -3.52. The molecule has 0 aromatic heterocycles. The first-order valence-electron chi connectivity index (χ1n) is 6.96. The van der Waals surface area contributed by atoms with Gasteiger partial charge in [-0.05, 0) is 24.3 Å². The maximum absolute atomic E-state index is 11.8. The van der Waals surface area contributed by atoms with Gasteiger partial charge >= 0.3 is 0 Å². The lowest BCUT2D eigenvalue weighted by Crippen LogP contribution is -2.41. The summed E-state index contributed by atoms with van der Waals surface area (Å²) in [5, 5.41) is 2.64. The van der Waals surface area contributed by atoms with Crippen LogP contribution in [0.3, 0.4) is 0 Å². The molecule has 0 radical (unpaired) electrons. The second kappa shape index (κ2) is 8.04. The molecule has 0 aliphatic carbocycles. The van der Waals surface area contributed by atoms with Gasteiger partial charge in [-0.1, -0.05) is 0 Å². The summed E-state index contributed by atoms with van der Waals surface area (Å²) in [6.45, 7) is 3.10. The standard InChI is InChI=1S/C14H22N4O4S/c1-11(19)16-13-5-7-14(8-6-13)18(12(2)20)10-9-15-23(21,22)17(3)4/h5-8,15H,9-10H2,1-4H3,(H,16,19).